The molecule has 0 atom stereocenters. The monoisotopic (exact) mass is 475 g/mol. The summed E-state index contributed by atoms with van der Waals surface area (Å²) in [5, 5.41) is 2.37. The molecule has 1 aliphatic heterocycles. The SMILES string of the molecule is Cc1cn2cc(-c3ccc(N=C(NC=O)C4(F)CCN(CC(F)F)CC4)c(C)c3)cc(F)c2n1. The van der Waals surface area contributed by atoms with Crippen molar-refractivity contribution < 1.29 is 22.4 Å². The average molecular weight is 475 g/mol. The van der Waals surface area contributed by atoms with E-state index >= 15 is 4.39 Å². The number of carbonyl (C=O) groups excluding carboxylic acids is 1. The number of fused-ring (bicyclic) bond motifs is 1. The van der Waals surface area contributed by atoms with Gasteiger partial charge in [0.25, 0.3) is 6.43 Å². The molecule has 180 valence electrons. The zero-order chi connectivity index (χ0) is 24.5. The molecule has 1 fully saturated rings. The van der Waals surface area contributed by atoms with E-state index < -0.39 is 24.5 Å². The van der Waals surface area contributed by atoms with Gasteiger partial charge in [-0.15, -0.1) is 0 Å². The van der Waals surface area contributed by atoms with E-state index in [9.17, 15) is 18.0 Å². The first-order chi connectivity index (χ1) is 16.2. The number of nitrogens with one attached hydrogen (secondary N) is 1. The standard InChI is InChI=1S/C24H25F4N5O/c1-15-9-17(18-10-19(25)22-30-16(2)11-33(22)12-18)3-4-20(15)31-23(29-14-34)24(28)5-7-32(8-6-24)13-21(26)27/h3-4,9-12,14,21H,5-8,13H2,1-2H3,(H,29,31,34). The molecule has 4 rings (SSSR count). The number of aliphatic imine (C=N–C) groups is 1. The third kappa shape index (κ3) is 4.96. The predicted molar refractivity (Wildman–Crippen MR) is 122 cm³/mol. The first kappa shape index (κ1) is 23.9. The van der Waals surface area contributed by atoms with E-state index in [0.29, 0.717) is 28.9 Å². The van der Waals surface area contributed by atoms with Crippen LogP contribution in [-0.2, 0) is 4.79 Å². The van der Waals surface area contributed by atoms with Crippen LogP contribution in [0.2, 0.25) is 0 Å². The third-order valence-electron chi connectivity index (χ3n) is 6.05. The highest BCUT2D eigenvalue weighted by atomic mass is 19.3. The molecule has 1 N–H and O–H groups in total. The minimum absolute atomic E-state index is 0.0554. The maximum absolute atomic E-state index is 15.7. The highest BCUT2D eigenvalue weighted by Crippen LogP contribution is 2.32. The fourth-order valence-corrected chi connectivity index (χ4v) is 4.26. The molecule has 1 aliphatic rings. The van der Waals surface area contributed by atoms with E-state index in [1.807, 2.05) is 0 Å². The highest BCUT2D eigenvalue weighted by molar-refractivity contribution is 5.98. The maximum Gasteiger partial charge on any atom is 0.251 e. The Morgan fingerprint density at radius 1 is 1.21 bits per heavy atom. The number of carbonyl (C=O) groups is 1. The molecule has 3 aromatic rings. The Hall–Kier alpha value is -3.27. The quantitative estimate of drug-likeness (QED) is 0.245. The third-order valence-corrected chi connectivity index (χ3v) is 6.05. The summed E-state index contributed by atoms with van der Waals surface area (Å²) in [6.45, 7) is 3.44. The van der Waals surface area contributed by atoms with Crippen molar-refractivity contribution in [3.05, 3.63) is 53.7 Å². The topological polar surface area (TPSA) is 62.0 Å². The number of alkyl halides is 3. The van der Waals surface area contributed by atoms with Crippen LogP contribution in [0, 0.1) is 19.7 Å². The van der Waals surface area contributed by atoms with Gasteiger partial charge in [-0.3, -0.25) is 9.69 Å². The number of amides is 1. The van der Waals surface area contributed by atoms with Gasteiger partial charge in [-0.05, 0) is 43.2 Å². The molecule has 34 heavy (non-hydrogen) atoms. The van der Waals surface area contributed by atoms with Crippen LogP contribution in [0.15, 0.2) is 41.7 Å². The molecule has 3 heterocycles. The number of benzene rings is 1. The lowest BCUT2D eigenvalue weighted by molar-refractivity contribution is -0.108. The van der Waals surface area contributed by atoms with Gasteiger partial charge in [0, 0.05) is 43.9 Å². The van der Waals surface area contributed by atoms with E-state index in [2.05, 4.69) is 15.3 Å². The number of amidine groups is 1. The predicted octanol–water partition coefficient (Wildman–Crippen LogP) is 4.60. The number of piperidine rings is 1. The summed E-state index contributed by atoms with van der Waals surface area (Å²) in [5.74, 6) is -0.586. The molecule has 6 nitrogen and oxygen atoms in total. The molecule has 10 heteroatoms. The molecule has 0 aliphatic carbocycles. The Kier molecular flexibility index (Phi) is 6.70. The summed E-state index contributed by atoms with van der Waals surface area (Å²) < 4.78 is 57.1. The number of imidazole rings is 1. The van der Waals surface area contributed by atoms with E-state index in [1.54, 1.807) is 48.8 Å². The van der Waals surface area contributed by atoms with E-state index in [-0.39, 0.29) is 37.4 Å². The summed E-state index contributed by atoms with van der Waals surface area (Å²) >= 11 is 0. The van der Waals surface area contributed by atoms with Crippen LogP contribution in [-0.4, -0.2) is 58.3 Å². The fraction of sp³-hybridized carbons (Fsp3) is 0.375. The van der Waals surface area contributed by atoms with Crippen molar-refractivity contribution in [1.29, 1.82) is 0 Å². The van der Waals surface area contributed by atoms with Gasteiger partial charge < -0.3 is 9.72 Å². The number of rotatable bonds is 6. The van der Waals surface area contributed by atoms with Gasteiger partial charge in [0.1, 0.15) is 5.84 Å². The van der Waals surface area contributed by atoms with Crippen molar-refractivity contribution >= 4 is 23.6 Å². The lowest BCUT2D eigenvalue weighted by Crippen LogP contribution is -2.51. The number of hydrogen-bond donors (Lipinski definition) is 1. The van der Waals surface area contributed by atoms with Crippen LogP contribution < -0.4 is 5.32 Å². The number of hydrogen-bond acceptors (Lipinski definition) is 4. The Bertz CT molecular complexity index is 1230. The second kappa shape index (κ2) is 9.54. The Balaban J connectivity index is 1.61. The van der Waals surface area contributed by atoms with Crippen LogP contribution in [0.25, 0.3) is 16.8 Å². The van der Waals surface area contributed by atoms with Crippen molar-refractivity contribution in [3.63, 3.8) is 0 Å². The van der Waals surface area contributed by atoms with Crippen molar-refractivity contribution in [2.24, 2.45) is 4.99 Å². The number of nitrogens with zero attached hydrogens (tertiary/aromatic N) is 4. The molecular weight excluding hydrogens is 450 g/mol. The fourth-order valence-electron chi connectivity index (χ4n) is 4.26. The van der Waals surface area contributed by atoms with Crippen molar-refractivity contribution in [3.8, 4) is 11.1 Å². The number of likely N-dealkylation sites (tertiary alicyclic amines) is 1. The second-order valence-corrected chi connectivity index (χ2v) is 8.57. The van der Waals surface area contributed by atoms with Crippen LogP contribution in [0.5, 0.6) is 0 Å². The number of aromatic nitrogens is 2. The van der Waals surface area contributed by atoms with Gasteiger partial charge in [0.15, 0.2) is 17.1 Å². The van der Waals surface area contributed by atoms with Gasteiger partial charge in [-0.2, -0.15) is 0 Å². The molecule has 2 aromatic heterocycles. The van der Waals surface area contributed by atoms with Crippen molar-refractivity contribution in [2.75, 3.05) is 19.6 Å². The minimum Gasteiger partial charge on any atom is -0.314 e. The molecule has 0 unspecified atom stereocenters. The van der Waals surface area contributed by atoms with E-state index in [4.69, 9.17) is 0 Å². The molecular formula is C24H25F4N5O. The van der Waals surface area contributed by atoms with Crippen LogP contribution >= 0.6 is 0 Å². The van der Waals surface area contributed by atoms with E-state index in [0.717, 1.165) is 5.56 Å². The molecule has 1 aromatic carbocycles. The highest BCUT2D eigenvalue weighted by Gasteiger charge is 2.40. The normalized spacial score (nSPS) is 16.9. The van der Waals surface area contributed by atoms with E-state index in [1.165, 1.54) is 11.0 Å². The van der Waals surface area contributed by atoms with Gasteiger partial charge in [0.05, 0.1) is 17.9 Å². The molecule has 0 spiro atoms. The summed E-state index contributed by atoms with van der Waals surface area (Å²) in [4.78, 5) is 21.2. The smallest absolute Gasteiger partial charge is 0.251 e. The summed E-state index contributed by atoms with van der Waals surface area (Å²) in [5.41, 5.74) is 1.54. The van der Waals surface area contributed by atoms with Gasteiger partial charge in [-0.1, -0.05) is 6.07 Å². The van der Waals surface area contributed by atoms with Crippen molar-refractivity contribution in [2.45, 2.75) is 38.8 Å². The van der Waals surface area contributed by atoms with Gasteiger partial charge in [-0.25, -0.2) is 27.5 Å². The van der Waals surface area contributed by atoms with Crippen LogP contribution in [0.4, 0.5) is 23.2 Å². The zero-order valence-corrected chi connectivity index (χ0v) is 18.9. The molecule has 1 saturated heterocycles. The Morgan fingerprint density at radius 3 is 2.59 bits per heavy atom. The summed E-state index contributed by atoms with van der Waals surface area (Å²) in [6, 6.07) is 6.62. The zero-order valence-electron chi connectivity index (χ0n) is 18.9. The van der Waals surface area contributed by atoms with Crippen molar-refractivity contribution in [1.82, 2.24) is 19.6 Å². The lowest BCUT2D eigenvalue weighted by atomic mass is 9.91. The van der Waals surface area contributed by atoms with Gasteiger partial charge in [0.2, 0.25) is 6.41 Å². The largest absolute Gasteiger partial charge is 0.314 e. The summed E-state index contributed by atoms with van der Waals surface area (Å²) in [7, 11) is 0. The molecule has 1 amide bonds. The first-order valence-electron chi connectivity index (χ1n) is 10.9. The number of pyridine rings is 1. The average Bonchev–Trinajstić information content (AvgIpc) is 3.17. The second-order valence-electron chi connectivity index (χ2n) is 8.57. The maximum atomic E-state index is 15.7. The number of halogens is 4. The number of aryl methyl sites for hydroxylation is 2. The first-order valence-corrected chi connectivity index (χ1v) is 10.9. The molecule has 0 bridgehead atoms. The summed E-state index contributed by atoms with van der Waals surface area (Å²) in [6.07, 6.45) is 1.28. The molecule has 0 radical (unpaired) electrons. The minimum atomic E-state index is -2.48. The Labute approximate surface area is 194 Å². The van der Waals surface area contributed by atoms with Crippen LogP contribution in [0.3, 0.4) is 0 Å². The Morgan fingerprint density at radius 2 is 1.94 bits per heavy atom. The lowest BCUT2D eigenvalue weighted by Gasteiger charge is -2.36. The molecule has 0 saturated carbocycles. The van der Waals surface area contributed by atoms with Crippen LogP contribution in [0.1, 0.15) is 24.1 Å². The van der Waals surface area contributed by atoms with Gasteiger partial charge >= 0.3 is 0 Å².